The SMILES string of the molecule is Cc1noc(C)c1S(=O)(=O)N1CCN(CC(=O)Nc2sc3c(c2C#N)CCC3)CC1. The highest BCUT2D eigenvalue weighted by atomic mass is 32.2. The molecule has 1 saturated heterocycles. The first-order valence-corrected chi connectivity index (χ1v) is 12.1. The highest BCUT2D eigenvalue weighted by Gasteiger charge is 2.33. The maximum Gasteiger partial charge on any atom is 0.248 e. The van der Waals surface area contributed by atoms with Gasteiger partial charge in [0, 0.05) is 31.1 Å². The van der Waals surface area contributed by atoms with E-state index in [2.05, 4.69) is 16.5 Å². The maximum absolute atomic E-state index is 12.9. The summed E-state index contributed by atoms with van der Waals surface area (Å²) in [6.07, 6.45) is 2.92. The molecule has 2 aromatic rings. The number of hydrogen-bond donors (Lipinski definition) is 1. The number of hydrogen-bond acceptors (Lipinski definition) is 8. The van der Waals surface area contributed by atoms with Gasteiger partial charge in [0.1, 0.15) is 21.7 Å². The van der Waals surface area contributed by atoms with Crippen LogP contribution in [0.1, 0.15) is 33.9 Å². The number of fused-ring (bicyclic) bond motifs is 1. The lowest BCUT2D eigenvalue weighted by Gasteiger charge is -2.33. The second-order valence-corrected chi connectivity index (χ2v) is 10.5. The Balaban J connectivity index is 1.35. The second-order valence-electron chi connectivity index (χ2n) is 7.55. The number of nitrogens with zero attached hydrogens (tertiary/aromatic N) is 4. The maximum atomic E-state index is 12.9. The molecule has 0 saturated carbocycles. The van der Waals surface area contributed by atoms with Crippen LogP contribution in [-0.4, -0.2) is 61.4 Å². The van der Waals surface area contributed by atoms with Gasteiger partial charge in [-0.3, -0.25) is 9.69 Å². The number of nitrogens with one attached hydrogen (secondary N) is 1. The molecule has 11 heteroatoms. The fraction of sp³-hybridized carbons (Fsp3) is 0.526. The van der Waals surface area contributed by atoms with Gasteiger partial charge in [-0.05, 0) is 38.7 Å². The first kappa shape index (κ1) is 21.0. The van der Waals surface area contributed by atoms with Crippen LogP contribution in [0.4, 0.5) is 5.00 Å². The normalized spacial score (nSPS) is 17.6. The van der Waals surface area contributed by atoms with Gasteiger partial charge in [0.25, 0.3) is 0 Å². The molecule has 1 aliphatic heterocycles. The molecule has 1 N–H and O–H groups in total. The average Bonchev–Trinajstić information content (AvgIpc) is 3.36. The molecule has 2 aliphatic rings. The number of carbonyl (C=O) groups is 1. The number of piperazine rings is 1. The number of thiophene rings is 1. The lowest BCUT2D eigenvalue weighted by Crippen LogP contribution is -2.50. The Labute approximate surface area is 179 Å². The molecular formula is C19H23N5O4S2. The summed E-state index contributed by atoms with van der Waals surface area (Å²) in [6.45, 7) is 4.83. The molecule has 1 aliphatic carbocycles. The van der Waals surface area contributed by atoms with Crippen molar-refractivity contribution < 1.29 is 17.7 Å². The standard InChI is InChI=1S/C19H23N5O4S2/c1-12-18(13(2)28-22-12)30(26,27)24-8-6-23(7-9-24)11-17(25)21-19-15(10-20)14-4-3-5-16(14)29-19/h3-9,11H2,1-2H3,(H,21,25). The van der Waals surface area contributed by atoms with Gasteiger partial charge in [0.15, 0.2) is 5.76 Å². The van der Waals surface area contributed by atoms with Crippen LogP contribution in [0.2, 0.25) is 0 Å². The summed E-state index contributed by atoms with van der Waals surface area (Å²) in [5.74, 6) is 0.0962. The highest BCUT2D eigenvalue weighted by Crippen LogP contribution is 2.38. The predicted molar refractivity (Wildman–Crippen MR) is 111 cm³/mol. The van der Waals surface area contributed by atoms with E-state index in [1.807, 2.05) is 4.90 Å². The number of rotatable bonds is 5. The summed E-state index contributed by atoms with van der Waals surface area (Å²) in [7, 11) is -3.67. The smallest absolute Gasteiger partial charge is 0.248 e. The zero-order valence-corrected chi connectivity index (χ0v) is 18.5. The number of carbonyl (C=O) groups excluding carboxylic acids is 1. The van der Waals surface area contributed by atoms with Crippen molar-refractivity contribution in [3.05, 3.63) is 27.5 Å². The van der Waals surface area contributed by atoms with E-state index >= 15 is 0 Å². The molecule has 0 atom stereocenters. The summed E-state index contributed by atoms with van der Waals surface area (Å²) in [5, 5.41) is 16.7. The van der Waals surface area contributed by atoms with Crippen LogP contribution in [0.5, 0.6) is 0 Å². The van der Waals surface area contributed by atoms with Gasteiger partial charge in [-0.25, -0.2) is 8.42 Å². The van der Waals surface area contributed by atoms with Gasteiger partial charge in [-0.1, -0.05) is 5.16 Å². The number of amides is 1. The van der Waals surface area contributed by atoms with Crippen LogP contribution in [0.25, 0.3) is 0 Å². The number of nitriles is 1. The summed E-state index contributed by atoms with van der Waals surface area (Å²) in [5.41, 5.74) is 2.03. The van der Waals surface area contributed by atoms with Gasteiger partial charge in [-0.2, -0.15) is 9.57 Å². The molecule has 160 valence electrons. The van der Waals surface area contributed by atoms with E-state index in [-0.39, 0.29) is 36.2 Å². The Morgan fingerprint density at radius 2 is 2.00 bits per heavy atom. The lowest BCUT2D eigenvalue weighted by atomic mass is 10.1. The van der Waals surface area contributed by atoms with E-state index in [0.29, 0.717) is 29.3 Å². The molecule has 0 radical (unpaired) electrons. The molecule has 0 spiro atoms. The molecule has 3 heterocycles. The molecule has 0 bridgehead atoms. The van der Waals surface area contributed by atoms with Crippen LogP contribution in [0, 0.1) is 25.2 Å². The summed E-state index contributed by atoms with van der Waals surface area (Å²) in [4.78, 5) is 15.8. The Morgan fingerprint density at radius 1 is 1.27 bits per heavy atom. The van der Waals surface area contributed by atoms with Crippen molar-refractivity contribution in [2.75, 3.05) is 38.0 Å². The van der Waals surface area contributed by atoms with Gasteiger partial charge in [0.05, 0.1) is 12.1 Å². The average molecular weight is 450 g/mol. The van der Waals surface area contributed by atoms with Crippen LogP contribution in [-0.2, 0) is 27.7 Å². The molecule has 4 rings (SSSR count). The van der Waals surface area contributed by atoms with E-state index in [1.165, 1.54) is 20.5 Å². The lowest BCUT2D eigenvalue weighted by molar-refractivity contribution is -0.117. The monoisotopic (exact) mass is 449 g/mol. The first-order valence-electron chi connectivity index (χ1n) is 9.81. The Bertz CT molecular complexity index is 1100. The molecule has 0 aromatic carbocycles. The topological polar surface area (TPSA) is 120 Å². The third-order valence-electron chi connectivity index (χ3n) is 5.55. The van der Waals surface area contributed by atoms with Crippen LogP contribution in [0.15, 0.2) is 9.42 Å². The Hall–Kier alpha value is -2.26. The minimum Gasteiger partial charge on any atom is -0.360 e. The zero-order valence-electron chi connectivity index (χ0n) is 16.9. The third-order valence-corrected chi connectivity index (χ3v) is 8.90. The van der Waals surface area contributed by atoms with Crippen LogP contribution in [0.3, 0.4) is 0 Å². The zero-order chi connectivity index (χ0) is 21.5. The summed E-state index contributed by atoms with van der Waals surface area (Å²) >= 11 is 1.49. The van der Waals surface area contributed by atoms with Gasteiger partial charge < -0.3 is 9.84 Å². The van der Waals surface area contributed by atoms with E-state index < -0.39 is 10.0 Å². The van der Waals surface area contributed by atoms with Crippen LogP contribution < -0.4 is 5.32 Å². The van der Waals surface area contributed by atoms with E-state index in [0.717, 1.165) is 24.8 Å². The molecule has 1 fully saturated rings. The van der Waals surface area contributed by atoms with E-state index in [1.54, 1.807) is 13.8 Å². The summed E-state index contributed by atoms with van der Waals surface area (Å²) in [6, 6.07) is 2.23. The predicted octanol–water partition coefficient (Wildman–Crippen LogP) is 1.66. The number of sulfonamides is 1. The third kappa shape index (κ3) is 3.76. The van der Waals surface area contributed by atoms with Crippen LogP contribution >= 0.6 is 11.3 Å². The highest BCUT2D eigenvalue weighted by molar-refractivity contribution is 7.89. The molecule has 2 aromatic heterocycles. The second kappa shape index (κ2) is 8.11. The Morgan fingerprint density at radius 3 is 2.63 bits per heavy atom. The van der Waals surface area contributed by atoms with Crippen molar-refractivity contribution in [2.24, 2.45) is 0 Å². The van der Waals surface area contributed by atoms with Crippen molar-refractivity contribution in [2.45, 2.75) is 38.0 Å². The number of aryl methyl sites for hydroxylation is 3. The minimum atomic E-state index is -3.67. The van der Waals surface area contributed by atoms with Gasteiger partial charge >= 0.3 is 0 Å². The Kier molecular flexibility index (Phi) is 5.67. The van der Waals surface area contributed by atoms with Gasteiger partial charge in [-0.15, -0.1) is 11.3 Å². The fourth-order valence-corrected chi connectivity index (χ4v) is 7.05. The summed E-state index contributed by atoms with van der Waals surface area (Å²) < 4.78 is 32.2. The molecule has 9 nitrogen and oxygen atoms in total. The molecule has 30 heavy (non-hydrogen) atoms. The van der Waals surface area contributed by atoms with E-state index in [4.69, 9.17) is 4.52 Å². The van der Waals surface area contributed by atoms with Gasteiger partial charge in [0.2, 0.25) is 15.9 Å². The molecule has 1 amide bonds. The van der Waals surface area contributed by atoms with Crippen molar-refractivity contribution >= 4 is 32.3 Å². The first-order chi connectivity index (χ1) is 14.3. The quantitative estimate of drug-likeness (QED) is 0.737. The fourth-order valence-electron chi connectivity index (χ4n) is 4.08. The molecule has 0 unspecified atom stereocenters. The molecular weight excluding hydrogens is 426 g/mol. The van der Waals surface area contributed by atoms with Crippen molar-refractivity contribution in [3.63, 3.8) is 0 Å². The van der Waals surface area contributed by atoms with Crippen molar-refractivity contribution in [3.8, 4) is 6.07 Å². The van der Waals surface area contributed by atoms with E-state index in [9.17, 15) is 18.5 Å². The minimum absolute atomic E-state index is 0.128. The number of anilines is 1. The van der Waals surface area contributed by atoms with Crippen molar-refractivity contribution in [1.82, 2.24) is 14.4 Å². The largest absolute Gasteiger partial charge is 0.360 e. The van der Waals surface area contributed by atoms with Crippen molar-refractivity contribution in [1.29, 1.82) is 5.26 Å². The number of aromatic nitrogens is 1.